The summed E-state index contributed by atoms with van der Waals surface area (Å²) in [6, 6.07) is 11.7. The molecule has 3 N–H and O–H groups in total. The van der Waals surface area contributed by atoms with Crippen LogP contribution in [0.1, 0.15) is 24.5 Å². The molecule has 2 amide bonds. The number of amides is 2. The van der Waals surface area contributed by atoms with Crippen LogP contribution in [0.4, 0.5) is 11.4 Å². The average Bonchev–Trinajstić information content (AvgIpc) is 3.08. The molecule has 1 aliphatic carbocycles. The van der Waals surface area contributed by atoms with Gasteiger partial charge in [-0.2, -0.15) is 0 Å². The molecular weight excluding hydrogens is 443 g/mol. The molecule has 2 aromatic rings. The molecule has 11 heteroatoms. The maximum atomic E-state index is 13.6. The van der Waals surface area contributed by atoms with E-state index in [2.05, 4.69) is 0 Å². The first kappa shape index (κ1) is 22.3. The number of nitro groups is 1. The standard InChI is InChI=1S/C23H21BN2O8/c27-11-13-8-18-20(23(30)25(22(18)29)14-2-1-3-15(9-14)26(32)33)17-10-19(34-24(31)21(13)17)12-4-6-16(28)7-5-12/h1-7,9,17-20,27-28,31H,8,10-11H2/t17-,18-,19-,20+/m0/s1. The molecule has 0 spiro atoms. The van der Waals surface area contributed by atoms with E-state index in [-0.39, 0.29) is 30.0 Å². The summed E-state index contributed by atoms with van der Waals surface area (Å²) in [5.41, 5.74) is 1.45. The fourth-order valence-corrected chi connectivity index (χ4v) is 5.46. The lowest BCUT2D eigenvalue weighted by Gasteiger charge is -2.41. The third kappa shape index (κ3) is 3.49. The largest absolute Gasteiger partial charge is 0.508 e. The summed E-state index contributed by atoms with van der Waals surface area (Å²) in [6.45, 7) is -0.391. The third-order valence-electron chi connectivity index (χ3n) is 6.97. The van der Waals surface area contributed by atoms with E-state index < -0.39 is 54.3 Å². The molecule has 174 valence electrons. The maximum absolute atomic E-state index is 13.6. The van der Waals surface area contributed by atoms with Gasteiger partial charge in [-0.25, -0.2) is 4.90 Å². The summed E-state index contributed by atoms with van der Waals surface area (Å²) in [5.74, 6) is -3.02. The van der Waals surface area contributed by atoms with Gasteiger partial charge in [-0.1, -0.05) is 18.2 Å². The molecule has 0 aromatic heterocycles. The Morgan fingerprint density at radius 1 is 1.12 bits per heavy atom. The van der Waals surface area contributed by atoms with Gasteiger partial charge in [0.1, 0.15) is 5.75 Å². The predicted octanol–water partition coefficient (Wildman–Crippen LogP) is 1.90. The van der Waals surface area contributed by atoms with Crippen molar-refractivity contribution in [3.63, 3.8) is 0 Å². The van der Waals surface area contributed by atoms with Gasteiger partial charge < -0.3 is 19.9 Å². The Hall–Kier alpha value is -3.54. The van der Waals surface area contributed by atoms with Crippen LogP contribution in [0.2, 0.25) is 0 Å². The minimum Gasteiger partial charge on any atom is -0.508 e. The van der Waals surface area contributed by atoms with E-state index in [4.69, 9.17) is 4.65 Å². The molecule has 2 saturated heterocycles. The normalized spacial score (nSPS) is 26.5. The third-order valence-corrected chi connectivity index (χ3v) is 6.97. The lowest BCUT2D eigenvalue weighted by Crippen LogP contribution is -2.45. The summed E-state index contributed by atoms with van der Waals surface area (Å²) in [4.78, 5) is 38.5. The summed E-state index contributed by atoms with van der Waals surface area (Å²) in [5, 5.41) is 41.6. The molecule has 5 rings (SSSR count). The number of allylic oxidation sites excluding steroid dienone is 1. The number of aliphatic hydroxyl groups excluding tert-OH is 1. The number of hydrogen-bond donors (Lipinski definition) is 3. The van der Waals surface area contributed by atoms with Crippen molar-refractivity contribution in [1.29, 1.82) is 0 Å². The monoisotopic (exact) mass is 464 g/mol. The van der Waals surface area contributed by atoms with Gasteiger partial charge in [-0.05, 0) is 53.6 Å². The van der Waals surface area contributed by atoms with Gasteiger partial charge in [0.15, 0.2) is 0 Å². The highest BCUT2D eigenvalue weighted by atomic mass is 16.6. The number of rotatable bonds is 4. The van der Waals surface area contributed by atoms with Crippen molar-refractivity contribution in [3.05, 3.63) is 75.3 Å². The highest BCUT2D eigenvalue weighted by Gasteiger charge is 2.58. The van der Waals surface area contributed by atoms with Gasteiger partial charge in [-0.15, -0.1) is 0 Å². The van der Waals surface area contributed by atoms with Crippen molar-refractivity contribution >= 4 is 30.3 Å². The summed E-state index contributed by atoms with van der Waals surface area (Å²) in [7, 11) is -1.37. The Bertz CT molecular complexity index is 1210. The lowest BCUT2D eigenvalue weighted by atomic mass is 9.55. The predicted molar refractivity (Wildman–Crippen MR) is 119 cm³/mol. The van der Waals surface area contributed by atoms with Crippen LogP contribution in [0, 0.1) is 27.9 Å². The molecule has 10 nitrogen and oxygen atoms in total. The zero-order valence-electron chi connectivity index (χ0n) is 17.9. The summed E-state index contributed by atoms with van der Waals surface area (Å²) in [6.07, 6.45) is -0.227. The van der Waals surface area contributed by atoms with Crippen molar-refractivity contribution in [2.24, 2.45) is 17.8 Å². The first-order valence-electron chi connectivity index (χ1n) is 10.9. The number of nitrogens with zero attached hydrogens (tertiary/aromatic N) is 2. The topological polar surface area (TPSA) is 150 Å². The highest BCUT2D eigenvalue weighted by molar-refractivity contribution is 6.53. The molecule has 0 radical (unpaired) electrons. The molecule has 2 fully saturated rings. The second kappa shape index (κ2) is 8.35. The number of carbonyl (C=O) groups excluding carboxylic acids is 2. The smallest absolute Gasteiger partial charge is 0.487 e. The van der Waals surface area contributed by atoms with E-state index >= 15 is 0 Å². The Morgan fingerprint density at radius 2 is 1.85 bits per heavy atom. The zero-order chi connectivity index (χ0) is 24.1. The molecule has 3 aliphatic rings. The Morgan fingerprint density at radius 3 is 2.53 bits per heavy atom. The number of phenolic OH excluding ortho intramolecular Hbond substituents is 1. The summed E-state index contributed by atoms with van der Waals surface area (Å²) < 4.78 is 5.80. The van der Waals surface area contributed by atoms with Gasteiger partial charge in [0.05, 0.1) is 35.2 Å². The van der Waals surface area contributed by atoms with Gasteiger partial charge in [0.25, 0.3) is 5.69 Å². The van der Waals surface area contributed by atoms with Gasteiger partial charge in [-0.3, -0.25) is 19.7 Å². The van der Waals surface area contributed by atoms with Crippen LogP contribution in [0.15, 0.2) is 59.6 Å². The number of non-ortho nitro benzene ring substituents is 1. The number of nitro benzene ring substituents is 1. The zero-order valence-corrected chi connectivity index (χ0v) is 17.9. The van der Waals surface area contributed by atoms with E-state index in [1.54, 1.807) is 12.1 Å². The number of benzene rings is 2. The molecule has 0 unspecified atom stereocenters. The molecular formula is C23H21BN2O8. The van der Waals surface area contributed by atoms with Crippen LogP contribution >= 0.6 is 0 Å². The number of imide groups is 1. The fourth-order valence-electron chi connectivity index (χ4n) is 5.46. The van der Waals surface area contributed by atoms with Crippen LogP contribution < -0.4 is 4.90 Å². The van der Waals surface area contributed by atoms with Crippen molar-refractivity contribution in [1.82, 2.24) is 0 Å². The van der Waals surface area contributed by atoms with Crippen molar-refractivity contribution in [3.8, 4) is 5.75 Å². The van der Waals surface area contributed by atoms with E-state index in [0.29, 0.717) is 16.6 Å². The number of phenols is 1. The lowest BCUT2D eigenvalue weighted by molar-refractivity contribution is -0.384. The Balaban J connectivity index is 1.53. The number of fused-ring (bicyclic) bond motifs is 3. The average molecular weight is 464 g/mol. The quantitative estimate of drug-likeness (QED) is 0.269. The van der Waals surface area contributed by atoms with Gasteiger partial charge in [0, 0.05) is 12.1 Å². The number of carbonyl (C=O) groups is 2. The molecule has 0 bridgehead atoms. The van der Waals surface area contributed by atoms with E-state index in [1.807, 2.05) is 0 Å². The Labute approximate surface area is 194 Å². The second-order valence-corrected chi connectivity index (χ2v) is 8.75. The van der Waals surface area contributed by atoms with Crippen LogP contribution in [0.3, 0.4) is 0 Å². The first-order chi connectivity index (χ1) is 16.3. The number of aromatic hydroxyl groups is 1. The molecule has 2 heterocycles. The SMILES string of the molecule is O=C1[C@H]2[C@H](CC(CO)=C3B(O)O[C@H](c4ccc(O)cc4)C[C@H]32)C(=O)N1c1cccc([N+](=O)[O-])c1. The minimum absolute atomic E-state index is 0.0742. The van der Waals surface area contributed by atoms with Crippen molar-refractivity contribution in [2.75, 3.05) is 11.5 Å². The second-order valence-electron chi connectivity index (χ2n) is 8.75. The molecule has 4 atom stereocenters. The van der Waals surface area contributed by atoms with Crippen molar-refractivity contribution in [2.45, 2.75) is 18.9 Å². The number of aliphatic hydroxyl groups is 1. The highest BCUT2D eigenvalue weighted by Crippen LogP contribution is 2.52. The van der Waals surface area contributed by atoms with Crippen LogP contribution in [-0.2, 0) is 14.2 Å². The summed E-state index contributed by atoms with van der Waals surface area (Å²) >= 11 is 0. The number of hydrogen-bond acceptors (Lipinski definition) is 8. The van der Waals surface area contributed by atoms with E-state index in [0.717, 1.165) is 4.90 Å². The maximum Gasteiger partial charge on any atom is 0.487 e. The molecule has 34 heavy (non-hydrogen) atoms. The number of anilines is 1. The minimum atomic E-state index is -1.37. The molecule has 2 aromatic carbocycles. The van der Waals surface area contributed by atoms with Crippen LogP contribution in [-0.4, -0.2) is 45.7 Å². The molecule has 2 aliphatic heterocycles. The van der Waals surface area contributed by atoms with Gasteiger partial charge >= 0.3 is 7.12 Å². The van der Waals surface area contributed by atoms with E-state index in [1.165, 1.54) is 36.4 Å². The van der Waals surface area contributed by atoms with Gasteiger partial charge in [0.2, 0.25) is 11.8 Å². The van der Waals surface area contributed by atoms with E-state index in [9.17, 15) is 34.9 Å². The molecule has 0 saturated carbocycles. The van der Waals surface area contributed by atoms with Crippen molar-refractivity contribution < 1.29 is 34.4 Å². The van der Waals surface area contributed by atoms with Crippen LogP contribution in [0.25, 0.3) is 0 Å². The first-order valence-corrected chi connectivity index (χ1v) is 10.9. The Kier molecular flexibility index (Phi) is 5.47. The van der Waals surface area contributed by atoms with Crippen LogP contribution in [0.5, 0.6) is 5.75 Å². The fraction of sp³-hybridized carbons (Fsp3) is 0.304.